The molecule has 6 nitrogen and oxygen atoms in total. The Morgan fingerprint density at radius 2 is 2.04 bits per heavy atom. The molecule has 0 saturated heterocycles. The molecule has 1 N–H and O–H groups in total. The second kappa shape index (κ2) is 7.73. The fourth-order valence-electron chi connectivity index (χ4n) is 2.30. The number of hydrogen-bond donors (Lipinski definition) is 1. The summed E-state index contributed by atoms with van der Waals surface area (Å²) < 4.78 is 18.8. The van der Waals surface area contributed by atoms with Gasteiger partial charge in [-0.05, 0) is 48.2 Å². The van der Waals surface area contributed by atoms with Crippen LogP contribution in [0.1, 0.15) is 15.2 Å². The number of anilines is 1. The summed E-state index contributed by atoms with van der Waals surface area (Å²) in [7, 11) is 0. The molecule has 9 heteroatoms. The molecule has 0 radical (unpaired) electrons. The van der Waals surface area contributed by atoms with Gasteiger partial charge in [0.1, 0.15) is 10.7 Å². The van der Waals surface area contributed by atoms with Crippen LogP contribution in [0, 0.1) is 22.9 Å². The lowest BCUT2D eigenvalue weighted by Gasteiger charge is -2.10. The Balaban J connectivity index is 1.87. The van der Waals surface area contributed by atoms with E-state index in [0.717, 1.165) is 29.5 Å². The van der Waals surface area contributed by atoms with Crippen LogP contribution in [-0.2, 0) is 0 Å². The lowest BCUT2D eigenvalue weighted by Crippen LogP contribution is -2.12. The van der Waals surface area contributed by atoms with E-state index in [9.17, 15) is 19.3 Å². The fraction of sp³-hybridized carbons (Fsp3) is 0.0556. The summed E-state index contributed by atoms with van der Waals surface area (Å²) in [5.41, 5.74) is 0.721. The van der Waals surface area contributed by atoms with E-state index in [-0.39, 0.29) is 16.4 Å². The SMILES string of the molecule is Cc1c(Cl)cccc1NC(=O)c1sccc1Oc1ccc(F)cc1[N+](=O)[O-]. The maximum Gasteiger partial charge on any atom is 0.314 e. The Hall–Kier alpha value is -2.97. The van der Waals surface area contributed by atoms with Crippen molar-refractivity contribution in [3.05, 3.63) is 79.2 Å². The molecule has 0 atom stereocenters. The summed E-state index contributed by atoms with van der Waals surface area (Å²) in [5, 5.41) is 16.0. The third kappa shape index (κ3) is 4.07. The number of carbonyl (C=O) groups excluding carboxylic acids is 1. The number of thiophene rings is 1. The monoisotopic (exact) mass is 406 g/mol. The highest BCUT2D eigenvalue weighted by Gasteiger charge is 2.21. The predicted octanol–water partition coefficient (Wildman–Crippen LogP) is 5.80. The molecule has 0 bridgehead atoms. The fourth-order valence-corrected chi connectivity index (χ4v) is 3.19. The number of hydrogen-bond acceptors (Lipinski definition) is 5. The Labute approximate surface area is 162 Å². The summed E-state index contributed by atoms with van der Waals surface area (Å²) in [6.07, 6.45) is 0. The van der Waals surface area contributed by atoms with Crippen molar-refractivity contribution < 1.29 is 18.8 Å². The first kappa shape index (κ1) is 18.8. The van der Waals surface area contributed by atoms with Gasteiger partial charge in [-0.3, -0.25) is 14.9 Å². The Morgan fingerprint density at radius 1 is 1.26 bits per heavy atom. The molecule has 0 aliphatic heterocycles. The van der Waals surface area contributed by atoms with Gasteiger partial charge in [-0.15, -0.1) is 11.3 Å². The summed E-state index contributed by atoms with van der Waals surface area (Å²) in [5.74, 6) is -1.23. The number of rotatable bonds is 5. The van der Waals surface area contributed by atoms with E-state index in [1.54, 1.807) is 30.5 Å². The van der Waals surface area contributed by atoms with Gasteiger partial charge in [0, 0.05) is 10.7 Å². The van der Waals surface area contributed by atoms with Crippen molar-refractivity contribution in [3.63, 3.8) is 0 Å². The number of ether oxygens (including phenoxy) is 1. The van der Waals surface area contributed by atoms with Crippen molar-refractivity contribution in [2.45, 2.75) is 6.92 Å². The zero-order valence-corrected chi connectivity index (χ0v) is 15.4. The van der Waals surface area contributed by atoms with Gasteiger partial charge in [0.05, 0.1) is 11.0 Å². The van der Waals surface area contributed by atoms with Crippen LogP contribution in [0.3, 0.4) is 0 Å². The highest BCUT2D eigenvalue weighted by Crippen LogP contribution is 2.36. The number of amides is 1. The highest BCUT2D eigenvalue weighted by atomic mass is 35.5. The molecule has 27 heavy (non-hydrogen) atoms. The van der Waals surface area contributed by atoms with Crippen molar-refractivity contribution in [1.29, 1.82) is 0 Å². The van der Waals surface area contributed by atoms with E-state index in [4.69, 9.17) is 16.3 Å². The van der Waals surface area contributed by atoms with Crippen LogP contribution in [0.4, 0.5) is 15.8 Å². The minimum Gasteiger partial charge on any atom is -0.448 e. The van der Waals surface area contributed by atoms with Crippen LogP contribution in [0.5, 0.6) is 11.5 Å². The van der Waals surface area contributed by atoms with E-state index in [0.29, 0.717) is 16.3 Å². The Kier molecular flexibility index (Phi) is 5.38. The van der Waals surface area contributed by atoms with E-state index in [2.05, 4.69) is 5.32 Å². The number of nitro groups is 1. The molecule has 1 heterocycles. The maximum atomic E-state index is 13.3. The third-order valence-electron chi connectivity index (χ3n) is 3.69. The summed E-state index contributed by atoms with van der Waals surface area (Å²) in [4.78, 5) is 23.2. The average molecular weight is 407 g/mol. The minimum absolute atomic E-state index is 0.131. The van der Waals surface area contributed by atoms with E-state index < -0.39 is 22.3 Å². The number of benzene rings is 2. The smallest absolute Gasteiger partial charge is 0.314 e. The number of nitrogens with zero attached hydrogens (tertiary/aromatic N) is 1. The number of nitro benzene ring substituents is 1. The van der Waals surface area contributed by atoms with Crippen molar-refractivity contribution in [3.8, 4) is 11.5 Å². The summed E-state index contributed by atoms with van der Waals surface area (Å²) in [6, 6.07) is 9.59. The van der Waals surface area contributed by atoms with E-state index in [1.165, 1.54) is 6.07 Å². The second-order valence-electron chi connectivity index (χ2n) is 5.45. The van der Waals surface area contributed by atoms with Crippen molar-refractivity contribution >= 4 is 40.2 Å². The number of nitrogens with one attached hydrogen (secondary N) is 1. The average Bonchev–Trinajstić information content (AvgIpc) is 3.08. The van der Waals surface area contributed by atoms with Crippen LogP contribution in [0.25, 0.3) is 0 Å². The van der Waals surface area contributed by atoms with Crippen LogP contribution in [0.2, 0.25) is 5.02 Å². The molecule has 3 rings (SSSR count). The van der Waals surface area contributed by atoms with Crippen molar-refractivity contribution in [1.82, 2.24) is 0 Å². The third-order valence-corrected chi connectivity index (χ3v) is 4.99. The molecule has 0 fully saturated rings. The van der Waals surface area contributed by atoms with Gasteiger partial charge < -0.3 is 10.1 Å². The molecule has 0 aliphatic carbocycles. The number of carbonyl (C=O) groups is 1. The van der Waals surface area contributed by atoms with Crippen LogP contribution < -0.4 is 10.1 Å². The quantitative estimate of drug-likeness (QED) is 0.428. The first-order valence-electron chi connectivity index (χ1n) is 7.62. The molecule has 1 aromatic heterocycles. The first-order valence-corrected chi connectivity index (χ1v) is 8.88. The molecule has 138 valence electrons. The Bertz CT molecular complexity index is 1040. The van der Waals surface area contributed by atoms with Gasteiger partial charge in [-0.2, -0.15) is 0 Å². The van der Waals surface area contributed by atoms with Gasteiger partial charge in [0.25, 0.3) is 5.91 Å². The highest BCUT2D eigenvalue weighted by molar-refractivity contribution is 7.12. The molecule has 1 amide bonds. The molecule has 3 aromatic rings. The van der Waals surface area contributed by atoms with Crippen molar-refractivity contribution in [2.24, 2.45) is 0 Å². The molecular weight excluding hydrogens is 395 g/mol. The normalized spacial score (nSPS) is 10.5. The van der Waals surface area contributed by atoms with E-state index >= 15 is 0 Å². The van der Waals surface area contributed by atoms with Crippen molar-refractivity contribution in [2.75, 3.05) is 5.32 Å². The molecule has 0 unspecified atom stereocenters. The maximum absolute atomic E-state index is 13.3. The molecule has 0 aliphatic rings. The van der Waals surface area contributed by atoms with E-state index in [1.807, 2.05) is 0 Å². The minimum atomic E-state index is -0.756. The number of halogens is 2. The van der Waals surface area contributed by atoms with Crippen LogP contribution in [-0.4, -0.2) is 10.8 Å². The largest absolute Gasteiger partial charge is 0.448 e. The zero-order valence-electron chi connectivity index (χ0n) is 13.9. The predicted molar refractivity (Wildman–Crippen MR) is 102 cm³/mol. The van der Waals surface area contributed by atoms with Gasteiger partial charge >= 0.3 is 5.69 Å². The standard InChI is InChI=1S/C18H12ClFN2O4S/c1-10-12(19)3-2-4-13(10)21-18(23)17-16(7-8-27-17)26-15-6-5-11(20)9-14(15)22(24)25/h2-9H,1H3,(H,21,23). The van der Waals surface area contributed by atoms with Crippen LogP contribution >= 0.6 is 22.9 Å². The second-order valence-corrected chi connectivity index (χ2v) is 6.78. The summed E-state index contributed by atoms with van der Waals surface area (Å²) in [6.45, 7) is 1.77. The van der Waals surface area contributed by atoms with Gasteiger partial charge in [-0.1, -0.05) is 17.7 Å². The molecule has 0 spiro atoms. The lowest BCUT2D eigenvalue weighted by atomic mass is 10.2. The summed E-state index contributed by atoms with van der Waals surface area (Å²) >= 11 is 7.16. The zero-order chi connectivity index (χ0) is 19.6. The lowest BCUT2D eigenvalue weighted by molar-refractivity contribution is -0.385. The van der Waals surface area contributed by atoms with Gasteiger partial charge in [0.2, 0.25) is 5.75 Å². The molecular formula is C18H12ClFN2O4S. The molecule has 0 saturated carbocycles. The first-order chi connectivity index (χ1) is 12.9. The molecule has 2 aromatic carbocycles. The Morgan fingerprint density at radius 3 is 2.78 bits per heavy atom. The van der Waals surface area contributed by atoms with Crippen LogP contribution in [0.15, 0.2) is 47.8 Å². The van der Waals surface area contributed by atoms with Gasteiger partial charge in [0.15, 0.2) is 5.75 Å². The topological polar surface area (TPSA) is 81.5 Å². The van der Waals surface area contributed by atoms with Gasteiger partial charge in [-0.25, -0.2) is 4.39 Å².